The number of fused-ring (bicyclic) bond motifs is 1. The summed E-state index contributed by atoms with van der Waals surface area (Å²) in [6, 6.07) is 6.65. The van der Waals surface area contributed by atoms with Gasteiger partial charge in [0.1, 0.15) is 10.9 Å². The minimum atomic E-state index is -0.456. The summed E-state index contributed by atoms with van der Waals surface area (Å²) >= 11 is 5.87. The molecule has 24 heavy (non-hydrogen) atoms. The monoisotopic (exact) mass is 347 g/mol. The third-order valence-electron chi connectivity index (χ3n) is 3.18. The number of ether oxygens (including phenoxy) is 3. The SMILES string of the molecule is CCOc1cc2c(cc1/C=N/NC(=O)c1cccnc1Cl)OCO2. The number of nitrogens with one attached hydrogen (secondary N) is 1. The van der Waals surface area contributed by atoms with Gasteiger partial charge in [-0.3, -0.25) is 4.79 Å². The Labute approximate surface area is 143 Å². The lowest BCUT2D eigenvalue weighted by molar-refractivity contribution is 0.0955. The maximum atomic E-state index is 12.0. The fraction of sp³-hybridized carbons (Fsp3) is 0.188. The molecule has 0 aliphatic carbocycles. The number of amides is 1. The second kappa shape index (κ2) is 7.18. The van der Waals surface area contributed by atoms with Crippen molar-refractivity contribution in [3.05, 3.63) is 46.7 Å². The summed E-state index contributed by atoms with van der Waals surface area (Å²) in [5, 5.41) is 4.05. The highest BCUT2D eigenvalue weighted by atomic mass is 35.5. The van der Waals surface area contributed by atoms with Gasteiger partial charge >= 0.3 is 0 Å². The fourth-order valence-electron chi connectivity index (χ4n) is 2.10. The molecular formula is C16H14ClN3O4. The van der Waals surface area contributed by atoms with Crippen LogP contribution in [0.4, 0.5) is 0 Å². The molecule has 1 aromatic heterocycles. The summed E-state index contributed by atoms with van der Waals surface area (Å²) in [5.74, 6) is 1.34. The third kappa shape index (κ3) is 3.41. The van der Waals surface area contributed by atoms with Gasteiger partial charge < -0.3 is 14.2 Å². The van der Waals surface area contributed by atoms with Gasteiger partial charge in [-0.1, -0.05) is 11.6 Å². The predicted octanol–water partition coefficient (Wildman–Crippen LogP) is 2.63. The van der Waals surface area contributed by atoms with E-state index in [2.05, 4.69) is 15.5 Å². The Hall–Kier alpha value is -2.80. The molecule has 0 bridgehead atoms. The third-order valence-corrected chi connectivity index (χ3v) is 3.48. The Balaban J connectivity index is 1.77. The Morgan fingerprint density at radius 3 is 3.00 bits per heavy atom. The molecular weight excluding hydrogens is 334 g/mol. The van der Waals surface area contributed by atoms with E-state index in [1.54, 1.807) is 24.3 Å². The summed E-state index contributed by atoms with van der Waals surface area (Å²) in [6.07, 6.45) is 2.97. The highest BCUT2D eigenvalue weighted by Crippen LogP contribution is 2.37. The topological polar surface area (TPSA) is 82.0 Å². The summed E-state index contributed by atoms with van der Waals surface area (Å²) in [7, 11) is 0. The molecule has 124 valence electrons. The van der Waals surface area contributed by atoms with Crippen LogP contribution < -0.4 is 19.6 Å². The van der Waals surface area contributed by atoms with Gasteiger partial charge in [0.15, 0.2) is 11.5 Å². The lowest BCUT2D eigenvalue weighted by Crippen LogP contribution is -2.18. The van der Waals surface area contributed by atoms with Gasteiger partial charge in [0.05, 0.1) is 18.4 Å². The molecule has 1 amide bonds. The first-order chi connectivity index (χ1) is 11.7. The van der Waals surface area contributed by atoms with E-state index in [-0.39, 0.29) is 17.5 Å². The Kier molecular flexibility index (Phi) is 4.81. The van der Waals surface area contributed by atoms with Crippen LogP contribution in [-0.2, 0) is 0 Å². The lowest BCUT2D eigenvalue weighted by atomic mass is 10.2. The number of hydrogen-bond donors (Lipinski definition) is 1. The number of pyridine rings is 1. The van der Waals surface area contributed by atoms with Crippen LogP contribution in [0.2, 0.25) is 5.15 Å². The van der Waals surface area contributed by atoms with E-state index in [0.717, 1.165) is 0 Å². The van der Waals surface area contributed by atoms with E-state index in [4.69, 9.17) is 25.8 Å². The van der Waals surface area contributed by atoms with E-state index < -0.39 is 5.91 Å². The second-order valence-corrected chi connectivity index (χ2v) is 5.08. The number of benzene rings is 1. The van der Waals surface area contributed by atoms with Crippen molar-refractivity contribution in [2.75, 3.05) is 13.4 Å². The minimum absolute atomic E-state index is 0.114. The largest absolute Gasteiger partial charge is 0.493 e. The van der Waals surface area contributed by atoms with E-state index in [9.17, 15) is 4.79 Å². The predicted molar refractivity (Wildman–Crippen MR) is 88.0 cm³/mol. The number of rotatable bonds is 5. The first-order valence-electron chi connectivity index (χ1n) is 7.19. The molecule has 1 aromatic carbocycles. The van der Waals surface area contributed by atoms with Crippen molar-refractivity contribution in [1.29, 1.82) is 0 Å². The van der Waals surface area contributed by atoms with Crippen molar-refractivity contribution in [2.45, 2.75) is 6.92 Å². The molecule has 0 fully saturated rings. The summed E-state index contributed by atoms with van der Waals surface area (Å²) in [6.45, 7) is 2.52. The highest BCUT2D eigenvalue weighted by Gasteiger charge is 2.17. The summed E-state index contributed by atoms with van der Waals surface area (Å²) in [5.41, 5.74) is 3.30. The molecule has 1 aliphatic heterocycles. The summed E-state index contributed by atoms with van der Waals surface area (Å²) < 4.78 is 16.2. The van der Waals surface area contributed by atoms with Gasteiger partial charge in [0, 0.05) is 17.8 Å². The molecule has 2 aromatic rings. The van der Waals surface area contributed by atoms with Crippen LogP contribution in [-0.4, -0.2) is 30.5 Å². The van der Waals surface area contributed by atoms with E-state index in [0.29, 0.717) is 29.4 Å². The van der Waals surface area contributed by atoms with E-state index in [1.807, 2.05) is 6.92 Å². The van der Waals surface area contributed by atoms with Crippen molar-refractivity contribution < 1.29 is 19.0 Å². The highest BCUT2D eigenvalue weighted by molar-refractivity contribution is 6.32. The van der Waals surface area contributed by atoms with Crippen LogP contribution >= 0.6 is 11.6 Å². The van der Waals surface area contributed by atoms with Crippen LogP contribution in [0.5, 0.6) is 17.2 Å². The molecule has 0 radical (unpaired) electrons. The van der Waals surface area contributed by atoms with Crippen molar-refractivity contribution in [3.63, 3.8) is 0 Å². The Morgan fingerprint density at radius 1 is 1.46 bits per heavy atom. The van der Waals surface area contributed by atoms with Crippen molar-refractivity contribution in [2.24, 2.45) is 5.10 Å². The molecule has 0 unspecified atom stereocenters. The zero-order valence-corrected chi connectivity index (χ0v) is 13.5. The Morgan fingerprint density at radius 2 is 2.25 bits per heavy atom. The van der Waals surface area contributed by atoms with Gasteiger partial charge in [-0.15, -0.1) is 0 Å². The number of carbonyl (C=O) groups excluding carboxylic acids is 1. The van der Waals surface area contributed by atoms with Gasteiger partial charge in [-0.05, 0) is 25.1 Å². The molecule has 2 heterocycles. The minimum Gasteiger partial charge on any atom is -0.493 e. The molecule has 1 aliphatic rings. The molecule has 0 saturated heterocycles. The zero-order valence-electron chi connectivity index (χ0n) is 12.8. The van der Waals surface area contributed by atoms with Gasteiger partial charge in [-0.2, -0.15) is 5.10 Å². The zero-order chi connectivity index (χ0) is 16.9. The van der Waals surface area contributed by atoms with Crippen LogP contribution in [0.15, 0.2) is 35.6 Å². The van der Waals surface area contributed by atoms with Crippen LogP contribution in [0.3, 0.4) is 0 Å². The van der Waals surface area contributed by atoms with E-state index in [1.165, 1.54) is 12.4 Å². The van der Waals surface area contributed by atoms with Crippen molar-refractivity contribution >= 4 is 23.7 Å². The number of halogens is 1. The molecule has 0 spiro atoms. The molecule has 8 heteroatoms. The number of hydrogen-bond acceptors (Lipinski definition) is 6. The number of aromatic nitrogens is 1. The lowest BCUT2D eigenvalue weighted by Gasteiger charge is -2.08. The number of hydrazone groups is 1. The average Bonchev–Trinajstić information content (AvgIpc) is 3.02. The molecule has 0 atom stereocenters. The average molecular weight is 348 g/mol. The molecule has 7 nitrogen and oxygen atoms in total. The first-order valence-corrected chi connectivity index (χ1v) is 7.57. The normalized spacial score (nSPS) is 12.4. The van der Waals surface area contributed by atoms with Gasteiger partial charge in [0.25, 0.3) is 5.91 Å². The Bertz CT molecular complexity index is 795. The fourth-order valence-corrected chi connectivity index (χ4v) is 2.30. The molecule has 0 saturated carbocycles. The standard InChI is InChI=1S/C16H14ClN3O4/c1-2-22-12-7-14-13(23-9-24-14)6-10(12)8-19-20-16(21)11-4-3-5-18-15(11)17/h3-8H,2,9H2,1H3,(H,20,21)/b19-8+. The van der Waals surface area contributed by atoms with Crippen LogP contribution in [0.25, 0.3) is 0 Å². The quantitative estimate of drug-likeness (QED) is 0.511. The van der Waals surface area contributed by atoms with Gasteiger partial charge in [0.2, 0.25) is 6.79 Å². The van der Waals surface area contributed by atoms with Crippen molar-refractivity contribution in [3.8, 4) is 17.2 Å². The molecule has 1 N–H and O–H groups in total. The maximum absolute atomic E-state index is 12.0. The number of carbonyl (C=O) groups is 1. The van der Waals surface area contributed by atoms with Gasteiger partial charge in [-0.25, -0.2) is 10.4 Å². The van der Waals surface area contributed by atoms with E-state index >= 15 is 0 Å². The first kappa shape index (κ1) is 16.1. The molecule has 3 rings (SSSR count). The summed E-state index contributed by atoms with van der Waals surface area (Å²) in [4.78, 5) is 15.9. The van der Waals surface area contributed by atoms with Crippen LogP contribution in [0, 0.1) is 0 Å². The maximum Gasteiger partial charge on any atom is 0.274 e. The number of nitrogens with zero attached hydrogens (tertiary/aromatic N) is 2. The second-order valence-electron chi connectivity index (χ2n) is 4.72. The van der Waals surface area contributed by atoms with Crippen molar-refractivity contribution in [1.82, 2.24) is 10.4 Å². The van der Waals surface area contributed by atoms with Crippen LogP contribution in [0.1, 0.15) is 22.8 Å². The smallest absolute Gasteiger partial charge is 0.274 e.